The first-order valence-corrected chi connectivity index (χ1v) is 6.29. The molecule has 0 aliphatic rings. The molecule has 0 atom stereocenters. The molecule has 0 bridgehead atoms. The Morgan fingerprint density at radius 1 is 1.35 bits per heavy atom. The number of nitrogens with one attached hydrogen (secondary N) is 1. The van der Waals surface area contributed by atoms with Crippen LogP contribution in [0, 0.1) is 6.92 Å². The quantitative estimate of drug-likeness (QED) is 0.873. The molecular formula is C13H16N2OS. The lowest BCUT2D eigenvalue weighted by Gasteiger charge is -2.11. The van der Waals surface area contributed by atoms with Crippen molar-refractivity contribution in [2.75, 3.05) is 18.2 Å². The first-order chi connectivity index (χ1) is 8.20. The van der Waals surface area contributed by atoms with Crippen LogP contribution in [-0.2, 0) is 6.54 Å². The fraction of sp³-hybridized carbons (Fsp3) is 0.231. The monoisotopic (exact) mass is 248 g/mol. The molecule has 1 heterocycles. The van der Waals surface area contributed by atoms with Gasteiger partial charge in [-0.25, -0.2) is 0 Å². The van der Waals surface area contributed by atoms with Gasteiger partial charge in [0.15, 0.2) is 0 Å². The SMILES string of the molecule is COc1ccc(C)cc1NCc1sccc1N. The second kappa shape index (κ2) is 5.10. The number of hydrogen-bond donors (Lipinski definition) is 2. The van der Waals surface area contributed by atoms with Gasteiger partial charge in [-0.3, -0.25) is 0 Å². The van der Waals surface area contributed by atoms with Crippen molar-refractivity contribution >= 4 is 22.7 Å². The number of aryl methyl sites for hydroxylation is 1. The van der Waals surface area contributed by atoms with Crippen molar-refractivity contribution in [2.45, 2.75) is 13.5 Å². The Bertz CT molecular complexity index is 508. The van der Waals surface area contributed by atoms with Gasteiger partial charge >= 0.3 is 0 Å². The largest absolute Gasteiger partial charge is 0.495 e. The maximum absolute atomic E-state index is 5.84. The summed E-state index contributed by atoms with van der Waals surface area (Å²) >= 11 is 1.66. The van der Waals surface area contributed by atoms with Gasteiger partial charge in [0.1, 0.15) is 5.75 Å². The van der Waals surface area contributed by atoms with Gasteiger partial charge in [0, 0.05) is 10.6 Å². The topological polar surface area (TPSA) is 47.3 Å². The molecule has 2 rings (SSSR count). The van der Waals surface area contributed by atoms with E-state index in [0.29, 0.717) is 0 Å². The number of hydrogen-bond acceptors (Lipinski definition) is 4. The zero-order valence-electron chi connectivity index (χ0n) is 9.99. The number of rotatable bonds is 4. The average molecular weight is 248 g/mol. The molecule has 0 aliphatic heterocycles. The van der Waals surface area contributed by atoms with E-state index in [1.807, 2.05) is 23.6 Å². The Labute approximate surface area is 105 Å². The zero-order valence-corrected chi connectivity index (χ0v) is 10.8. The summed E-state index contributed by atoms with van der Waals surface area (Å²) in [6, 6.07) is 8.00. The van der Waals surface area contributed by atoms with E-state index in [9.17, 15) is 0 Å². The minimum atomic E-state index is 0.726. The Kier molecular flexibility index (Phi) is 3.54. The molecule has 3 N–H and O–H groups in total. The van der Waals surface area contributed by atoms with Gasteiger partial charge in [-0.15, -0.1) is 11.3 Å². The Morgan fingerprint density at radius 2 is 2.18 bits per heavy atom. The number of nitrogens with two attached hydrogens (primary N) is 1. The smallest absolute Gasteiger partial charge is 0.141 e. The molecule has 0 aliphatic carbocycles. The minimum absolute atomic E-state index is 0.726. The summed E-state index contributed by atoms with van der Waals surface area (Å²) in [5.41, 5.74) is 8.89. The van der Waals surface area contributed by atoms with Crippen molar-refractivity contribution in [3.05, 3.63) is 40.1 Å². The highest BCUT2D eigenvalue weighted by atomic mass is 32.1. The van der Waals surface area contributed by atoms with Crippen LogP contribution < -0.4 is 15.8 Å². The third kappa shape index (κ3) is 2.71. The minimum Gasteiger partial charge on any atom is -0.495 e. The molecule has 0 radical (unpaired) electrons. The highest BCUT2D eigenvalue weighted by Gasteiger charge is 2.05. The molecule has 0 saturated carbocycles. The van der Waals surface area contributed by atoms with Crippen LogP contribution in [0.15, 0.2) is 29.6 Å². The molecule has 0 saturated heterocycles. The van der Waals surface area contributed by atoms with Crippen LogP contribution in [0.5, 0.6) is 5.75 Å². The van der Waals surface area contributed by atoms with Crippen LogP contribution in [0.25, 0.3) is 0 Å². The van der Waals surface area contributed by atoms with E-state index in [4.69, 9.17) is 10.5 Å². The number of ether oxygens (including phenoxy) is 1. The van der Waals surface area contributed by atoms with Gasteiger partial charge in [-0.1, -0.05) is 6.07 Å². The van der Waals surface area contributed by atoms with Crippen LogP contribution in [0.1, 0.15) is 10.4 Å². The maximum atomic E-state index is 5.84. The Hall–Kier alpha value is -1.68. The molecule has 1 aromatic carbocycles. The van der Waals surface area contributed by atoms with E-state index >= 15 is 0 Å². The lowest BCUT2D eigenvalue weighted by Crippen LogP contribution is -2.02. The molecule has 2 aromatic rings. The normalized spacial score (nSPS) is 10.2. The first kappa shape index (κ1) is 11.8. The van der Waals surface area contributed by atoms with Crippen molar-refractivity contribution in [1.82, 2.24) is 0 Å². The van der Waals surface area contributed by atoms with Gasteiger partial charge in [-0.2, -0.15) is 0 Å². The van der Waals surface area contributed by atoms with Gasteiger partial charge < -0.3 is 15.8 Å². The predicted molar refractivity (Wildman–Crippen MR) is 73.8 cm³/mol. The lowest BCUT2D eigenvalue weighted by atomic mass is 10.2. The number of thiophene rings is 1. The van der Waals surface area contributed by atoms with E-state index in [2.05, 4.69) is 18.3 Å². The Morgan fingerprint density at radius 3 is 2.82 bits per heavy atom. The van der Waals surface area contributed by atoms with E-state index < -0.39 is 0 Å². The maximum Gasteiger partial charge on any atom is 0.141 e. The summed E-state index contributed by atoms with van der Waals surface area (Å²) in [6.45, 7) is 2.79. The molecule has 0 unspecified atom stereocenters. The summed E-state index contributed by atoms with van der Waals surface area (Å²) in [5, 5.41) is 5.35. The number of nitrogen functional groups attached to an aromatic ring is 1. The number of methoxy groups -OCH3 is 1. The highest BCUT2D eigenvalue weighted by molar-refractivity contribution is 7.10. The van der Waals surface area contributed by atoms with Gasteiger partial charge in [0.25, 0.3) is 0 Å². The summed E-state index contributed by atoms with van der Waals surface area (Å²) in [7, 11) is 1.68. The van der Waals surface area contributed by atoms with Crippen LogP contribution in [0.2, 0.25) is 0 Å². The zero-order chi connectivity index (χ0) is 12.3. The average Bonchev–Trinajstić information content (AvgIpc) is 2.72. The van der Waals surface area contributed by atoms with Crippen LogP contribution in [0.3, 0.4) is 0 Å². The van der Waals surface area contributed by atoms with Gasteiger partial charge in [0.05, 0.1) is 19.3 Å². The van der Waals surface area contributed by atoms with E-state index in [1.165, 1.54) is 5.56 Å². The standard InChI is InChI=1S/C13H16N2OS/c1-9-3-4-12(16-2)11(7-9)15-8-13-10(14)5-6-17-13/h3-7,15H,8,14H2,1-2H3. The summed E-state index contributed by atoms with van der Waals surface area (Å²) < 4.78 is 5.31. The number of anilines is 2. The molecular weight excluding hydrogens is 232 g/mol. The molecule has 0 amide bonds. The fourth-order valence-corrected chi connectivity index (χ4v) is 2.37. The van der Waals surface area contributed by atoms with Gasteiger partial charge in [-0.05, 0) is 36.1 Å². The second-order valence-corrected chi connectivity index (χ2v) is 4.86. The summed E-state index contributed by atoms with van der Waals surface area (Å²) in [6.07, 6.45) is 0. The first-order valence-electron chi connectivity index (χ1n) is 5.41. The molecule has 4 heteroatoms. The van der Waals surface area contributed by atoms with Crippen molar-refractivity contribution in [3.8, 4) is 5.75 Å². The van der Waals surface area contributed by atoms with Crippen LogP contribution in [0.4, 0.5) is 11.4 Å². The van der Waals surface area contributed by atoms with Crippen molar-refractivity contribution < 1.29 is 4.74 Å². The van der Waals surface area contributed by atoms with E-state index in [-0.39, 0.29) is 0 Å². The predicted octanol–water partition coefficient (Wildman–Crippen LogP) is 3.26. The summed E-state index contributed by atoms with van der Waals surface area (Å²) in [4.78, 5) is 1.15. The Balaban J connectivity index is 2.13. The van der Waals surface area contributed by atoms with Crippen molar-refractivity contribution in [1.29, 1.82) is 0 Å². The third-order valence-corrected chi connectivity index (χ3v) is 3.51. The van der Waals surface area contributed by atoms with Gasteiger partial charge in [0.2, 0.25) is 0 Å². The fourth-order valence-electron chi connectivity index (χ4n) is 1.63. The molecule has 0 fully saturated rings. The molecule has 1 aromatic heterocycles. The molecule has 0 spiro atoms. The number of benzene rings is 1. The van der Waals surface area contributed by atoms with Crippen molar-refractivity contribution in [2.24, 2.45) is 0 Å². The molecule has 17 heavy (non-hydrogen) atoms. The van der Waals surface area contributed by atoms with E-state index in [1.54, 1.807) is 18.4 Å². The third-order valence-electron chi connectivity index (χ3n) is 2.57. The summed E-state index contributed by atoms with van der Waals surface area (Å²) in [5.74, 6) is 0.853. The highest BCUT2D eigenvalue weighted by Crippen LogP contribution is 2.27. The van der Waals surface area contributed by atoms with E-state index in [0.717, 1.165) is 28.5 Å². The second-order valence-electron chi connectivity index (χ2n) is 3.86. The van der Waals surface area contributed by atoms with Crippen LogP contribution >= 0.6 is 11.3 Å². The van der Waals surface area contributed by atoms with Crippen LogP contribution in [-0.4, -0.2) is 7.11 Å². The molecule has 3 nitrogen and oxygen atoms in total. The lowest BCUT2D eigenvalue weighted by molar-refractivity contribution is 0.416. The molecule has 90 valence electrons. The van der Waals surface area contributed by atoms with Crippen molar-refractivity contribution in [3.63, 3.8) is 0 Å².